The molecule has 3 aliphatic heterocycles. The van der Waals surface area contributed by atoms with Crippen molar-refractivity contribution in [2.45, 2.75) is 22.3 Å². The topological polar surface area (TPSA) is 12.5 Å². The van der Waals surface area contributed by atoms with E-state index in [2.05, 4.69) is 47.4 Å². The molecule has 0 saturated carbocycles. The van der Waals surface area contributed by atoms with Crippen molar-refractivity contribution in [3.05, 3.63) is 48.0 Å². The maximum Gasteiger partial charge on any atom is 0.0891 e. The fourth-order valence-electron chi connectivity index (χ4n) is 3.73. The van der Waals surface area contributed by atoms with Crippen LogP contribution in [0, 0.1) is 5.92 Å². The molecule has 0 aliphatic carbocycles. The van der Waals surface area contributed by atoms with Crippen molar-refractivity contribution in [1.82, 2.24) is 0 Å². The van der Waals surface area contributed by atoms with E-state index in [-0.39, 0.29) is 0 Å². The molecule has 2 aromatic rings. The Morgan fingerprint density at radius 1 is 1.05 bits per heavy atom. The second kappa shape index (κ2) is 4.03. The van der Waals surface area contributed by atoms with Crippen LogP contribution in [0.2, 0.25) is 0 Å². The van der Waals surface area contributed by atoms with Gasteiger partial charge >= 0.3 is 0 Å². The zero-order chi connectivity index (χ0) is 13.1. The van der Waals surface area contributed by atoms with Crippen molar-refractivity contribution < 1.29 is 4.74 Å². The van der Waals surface area contributed by atoms with Crippen molar-refractivity contribution in [1.29, 1.82) is 0 Å². The first kappa shape index (κ1) is 11.2. The van der Waals surface area contributed by atoms with Gasteiger partial charge in [0.05, 0.1) is 17.5 Å². The zero-order valence-electron chi connectivity index (χ0n) is 11.1. The Labute approximate surface area is 122 Å². The Kier molecular flexibility index (Phi) is 2.26. The molecule has 2 unspecified atom stereocenters. The summed E-state index contributed by atoms with van der Waals surface area (Å²) < 4.78 is 6.01. The highest BCUT2D eigenvalue weighted by atomic mass is 32.2. The molecule has 1 fully saturated rings. The van der Waals surface area contributed by atoms with E-state index in [1.807, 2.05) is 11.8 Å². The molecule has 3 heterocycles. The van der Waals surface area contributed by atoms with Gasteiger partial charge in [-0.1, -0.05) is 36.0 Å². The van der Waals surface area contributed by atoms with Gasteiger partial charge in [0.25, 0.3) is 0 Å². The number of benzene rings is 2. The molecule has 100 valence electrons. The van der Waals surface area contributed by atoms with Crippen molar-refractivity contribution in [3.63, 3.8) is 0 Å². The molecule has 0 amide bonds. The Balaban J connectivity index is 1.77. The van der Waals surface area contributed by atoms with Crippen LogP contribution in [0.25, 0.3) is 0 Å². The van der Waals surface area contributed by atoms with E-state index in [4.69, 9.17) is 4.74 Å². The normalized spacial score (nSPS) is 25.9. The molecule has 2 atom stereocenters. The Morgan fingerprint density at radius 3 is 2.95 bits per heavy atom. The summed E-state index contributed by atoms with van der Waals surface area (Å²) in [6.45, 7) is 1.99. The first-order valence-electron chi connectivity index (χ1n) is 7.21. The smallest absolute Gasteiger partial charge is 0.0891 e. The van der Waals surface area contributed by atoms with E-state index < -0.39 is 0 Å². The van der Waals surface area contributed by atoms with Gasteiger partial charge in [0, 0.05) is 34.4 Å². The van der Waals surface area contributed by atoms with E-state index in [9.17, 15) is 0 Å². The average Bonchev–Trinajstić information content (AvgIpc) is 2.96. The molecule has 1 saturated heterocycles. The van der Waals surface area contributed by atoms with Gasteiger partial charge in [-0.15, -0.1) is 0 Å². The number of hydrogen-bond acceptors (Lipinski definition) is 3. The summed E-state index contributed by atoms with van der Waals surface area (Å²) in [5, 5.41) is 0. The minimum Gasteiger partial charge on any atom is -0.373 e. The quantitative estimate of drug-likeness (QED) is 0.711. The monoisotopic (exact) mass is 281 g/mol. The maximum atomic E-state index is 6.01. The van der Waals surface area contributed by atoms with Crippen LogP contribution in [0.4, 0.5) is 11.4 Å². The van der Waals surface area contributed by atoms with Crippen molar-refractivity contribution in [3.8, 4) is 0 Å². The number of fused-ring (bicyclic) bond motifs is 4. The number of nitrogens with zero attached hydrogens (tertiary/aromatic N) is 1. The third-order valence-electron chi connectivity index (χ3n) is 4.61. The van der Waals surface area contributed by atoms with Gasteiger partial charge in [-0.05, 0) is 24.6 Å². The number of ether oxygens (including phenoxy) is 1. The van der Waals surface area contributed by atoms with Crippen molar-refractivity contribution in [2.24, 2.45) is 5.92 Å². The third-order valence-corrected chi connectivity index (χ3v) is 5.73. The molecule has 3 heteroatoms. The highest BCUT2D eigenvalue weighted by Gasteiger charge is 2.41. The Hall–Kier alpha value is -1.45. The number of rotatable bonds is 0. The molecule has 5 rings (SSSR count). The highest BCUT2D eigenvalue weighted by Crippen LogP contribution is 2.55. The molecule has 20 heavy (non-hydrogen) atoms. The molecule has 2 aromatic carbocycles. The Morgan fingerprint density at radius 2 is 1.95 bits per heavy atom. The van der Waals surface area contributed by atoms with Crippen LogP contribution >= 0.6 is 11.8 Å². The summed E-state index contributed by atoms with van der Waals surface area (Å²) >= 11 is 1.89. The Bertz CT molecular complexity index is 699. The number of para-hydroxylation sites is 2. The summed E-state index contributed by atoms with van der Waals surface area (Å²) in [5.74, 6) is 0.633. The molecular weight excluding hydrogens is 266 g/mol. The average molecular weight is 281 g/mol. The van der Waals surface area contributed by atoms with E-state index >= 15 is 0 Å². The molecule has 0 N–H and O–H groups in total. The van der Waals surface area contributed by atoms with E-state index in [1.54, 1.807) is 0 Å². The largest absolute Gasteiger partial charge is 0.373 e. The first-order chi connectivity index (χ1) is 9.92. The van der Waals surface area contributed by atoms with Gasteiger partial charge < -0.3 is 9.64 Å². The van der Waals surface area contributed by atoms with Crippen LogP contribution in [0.3, 0.4) is 0 Å². The minimum atomic E-state index is 0.312. The lowest BCUT2D eigenvalue weighted by atomic mass is 9.88. The maximum absolute atomic E-state index is 6.01. The van der Waals surface area contributed by atoms with Gasteiger partial charge in [0.15, 0.2) is 0 Å². The van der Waals surface area contributed by atoms with Crippen molar-refractivity contribution >= 4 is 23.1 Å². The summed E-state index contributed by atoms with van der Waals surface area (Å²) in [6.07, 6.45) is 1.49. The second-order valence-corrected chi connectivity index (χ2v) is 6.80. The van der Waals surface area contributed by atoms with Crippen LogP contribution in [0.5, 0.6) is 0 Å². The van der Waals surface area contributed by atoms with Gasteiger partial charge in [-0.3, -0.25) is 0 Å². The summed E-state index contributed by atoms with van der Waals surface area (Å²) in [7, 11) is 0. The second-order valence-electron chi connectivity index (χ2n) is 5.71. The lowest BCUT2D eigenvalue weighted by molar-refractivity contribution is 0.0892. The van der Waals surface area contributed by atoms with Crippen LogP contribution in [0.1, 0.15) is 18.1 Å². The van der Waals surface area contributed by atoms with Gasteiger partial charge in [0.1, 0.15) is 0 Å². The zero-order valence-corrected chi connectivity index (χ0v) is 11.9. The highest BCUT2D eigenvalue weighted by molar-refractivity contribution is 7.99. The third kappa shape index (κ3) is 1.40. The van der Waals surface area contributed by atoms with E-state index in [0.717, 1.165) is 13.2 Å². The molecule has 2 nitrogen and oxygen atoms in total. The first-order valence-corrected chi connectivity index (χ1v) is 8.02. The lowest BCUT2D eigenvalue weighted by Crippen LogP contribution is -2.34. The van der Waals surface area contributed by atoms with Crippen LogP contribution in [0.15, 0.2) is 52.3 Å². The fourth-order valence-corrected chi connectivity index (χ4v) is 4.87. The van der Waals surface area contributed by atoms with E-state index in [1.165, 1.54) is 33.2 Å². The summed E-state index contributed by atoms with van der Waals surface area (Å²) in [4.78, 5) is 5.26. The standard InChI is InChI=1S/C17H15NOS/c1-2-6-14-13(5-1)18-10-11-8-9-19-17(11)12-4-3-7-15(20-14)16(12)18/h1-7,11,17H,8-10H2. The molecule has 0 spiro atoms. The summed E-state index contributed by atoms with van der Waals surface area (Å²) in [5.41, 5.74) is 4.14. The number of anilines is 2. The predicted molar refractivity (Wildman–Crippen MR) is 80.8 cm³/mol. The molecule has 3 aliphatic rings. The molecular formula is C17H15NOS. The lowest BCUT2D eigenvalue weighted by Gasteiger charge is -2.41. The molecule has 0 radical (unpaired) electrons. The van der Waals surface area contributed by atoms with E-state index in [0.29, 0.717) is 12.0 Å². The van der Waals surface area contributed by atoms with Crippen LogP contribution in [-0.2, 0) is 4.74 Å². The SMILES string of the molecule is c1ccc2c(c1)Sc1cccc3c1N2CC1CCOC31. The minimum absolute atomic E-state index is 0.312. The fraction of sp³-hybridized carbons (Fsp3) is 0.294. The van der Waals surface area contributed by atoms with Crippen molar-refractivity contribution in [2.75, 3.05) is 18.1 Å². The predicted octanol–water partition coefficient (Wildman–Crippen LogP) is 4.38. The number of hydrogen-bond donors (Lipinski definition) is 0. The molecule has 0 bridgehead atoms. The van der Waals surface area contributed by atoms with Crippen LogP contribution < -0.4 is 4.90 Å². The van der Waals surface area contributed by atoms with Gasteiger partial charge in [-0.25, -0.2) is 0 Å². The van der Waals surface area contributed by atoms with Gasteiger partial charge in [-0.2, -0.15) is 0 Å². The molecule has 0 aromatic heterocycles. The van der Waals surface area contributed by atoms with Gasteiger partial charge in [0.2, 0.25) is 0 Å². The summed E-state index contributed by atoms with van der Waals surface area (Å²) in [6, 6.07) is 15.4. The van der Waals surface area contributed by atoms with Crippen LogP contribution in [-0.4, -0.2) is 13.2 Å².